The standard InChI is InChI=1S/C6H10N2O3S/c7-4(9)1-5-8-3(2-12-5)6(10)11/h3,5,8H,1-2H2,(H2,7,9)(H,10,11)/t3-,5?/m1/s1. The summed E-state index contributed by atoms with van der Waals surface area (Å²) in [5.41, 5.74) is 4.95. The number of primary amides is 1. The molecule has 1 fully saturated rings. The number of hydrogen-bond donors (Lipinski definition) is 3. The summed E-state index contributed by atoms with van der Waals surface area (Å²) in [7, 11) is 0. The average Bonchev–Trinajstić information content (AvgIpc) is 2.34. The molecule has 1 aliphatic rings. The first-order valence-corrected chi connectivity index (χ1v) is 4.53. The van der Waals surface area contributed by atoms with Crippen molar-refractivity contribution >= 4 is 23.6 Å². The van der Waals surface area contributed by atoms with Crippen molar-refractivity contribution in [2.24, 2.45) is 5.73 Å². The minimum absolute atomic E-state index is 0.136. The van der Waals surface area contributed by atoms with Gasteiger partial charge < -0.3 is 10.8 Å². The highest BCUT2D eigenvalue weighted by molar-refractivity contribution is 8.00. The number of nitrogens with two attached hydrogens (primary N) is 1. The van der Waals surface area contributed by atoms with Gasteiger partial charge in [-0.3, -0.25) is 14.9 Å². The predicted octanol–water partition coefficient (Wildman–Crippen LogP) is -1.02. The zero-order valence-electron chi connectivity index (χ0n) is 6.32. The van der Waals surface area contributed by atoms with E-state index in [2.05, 4.69) is 5.32 Å². The second-order valence-corrected chi connectivity index (χ2v) is 3.79. The molecular formula is C6H10N2O3S. The van der Waals surface area contributed by atoms with Gasteiger partial charge in [-0.1, -0.05) is 0 Å². The topological polar surface area (TPSA) is 92.4 Å². The number of amides is 1. The Balaban J connectivity index is 2.35. The Hall–Kier alpha value is -0.750. The largest absolute Gasteiger partial charge is 0.480 e. The first kappa shape index (κ1) is 9.34. The third kappa shape index (κ3) is 2.38. The molecule has 0 aliphatic carbocycles. The highest BCUT2D eigenvalue weighted by atomic mass is 32.2. The van der Waals surface area contributed by atoms with Crippen molar-refractivity contribution in [2.75, 3.05) is 5.75 Å². The van der Waals surface area contributed by atoms with Crippen molar-refractivity contribution < 1.29 is 14.7 Å². The second kappa shape index (κ2) is 3.77. The maximum atomic E-state index is 10.5. The summed E-state index contributed by atoms with van der Waals surface area (Å²) in [5, 5.41) is 11.2. The summed E-state index contributed by atoms with van der Waals surface area (Å²) in [6, 6.07) is -0.542. The molecule has 68 valence electrons. The number of carboxylic acids is 1. The third-order valence-corrected chi connectivity index (χ3v) is 2.77. The molecule has 1 aliphatic heterocycles. The highest BCUT2D eigenvalue weighted by Gasteiger charge is 2.29. The van der Waals surface area contributed by atoms with Gasteiger partial charge in [0.05, 0.1) is 11.8 Å². The van der Waals surface area contributed by atoms with Gasteiger partial charge in [0, 0.05) is 5.75 Å². The summed E-state index contributed by atoms with van der Waals surface area (Å²) in [5.74, 6) is -0.798. The molecule has 1 rings (SSSR count). The molecule has 0 radical (unpaired) electrons. The van der Waals surface area contributed by atoms with E-state index in [4.69, 9.17) is 10.8 Å². The van der Waals surface area contributed by atoms with Crippen LogP contribution in [0.15, 0.2) is 0 Å². The number of carboxylic acid groups (broad SMARTS) is 1. The Morgan fingerprint density at radius 3 is 2.75 bits per heavy atom. The Kier molecular flexibility index (Phi) is 2.93. The molecule has 6 heteroatoms. The van der Waals surface area contributed by atoms with Crippen LogP contribution in [0.5, 0.6) is 0 Å². The van der Waals surface area contributed by atoms with Crippen molar-refractivity contribution in [2.45, 2.75) is 17.8 Å². The smallest absolute Gasteiger partial charge is 0.321 e. The van der Waals surface area contributed by atoms with E-state index in [1.807, 2.05) is 0 Å². The molecule has 0 saturated carbocycles. The number of aliphatic carboxylic acids is 1. The van der Waals surface area contributed by atoms with E-state index in [-0.39, 0.29) is 11.8 Å². The number of nitrogens with one attached hydrogen (secondary N) is 1. The van der Waals surface area contributed by atoms with Gasteiger partial charge in [-0.2, -0.15) is 0 Å². The van der Waals surface area contributed by atoms with Crippen LogP contribution >= 0.6 is 11.8 Å². The van der Waals surface area contributed by atoms with Gasteiger partial charge in [-0.15, -0.1) is 11.8 Å². The van der Waals surface area contributed by atoms with Gasteiger partial charge in [0.25, 0.3) is 0 Å². The molecule has 2 atom stereocenters. The van der Waals surface area contributed by atoms with Crippen LogP contribution in [-0.4, -0.2) is 34.2 Å². The fourth-order valence-electron chi connectivity index (χ4n) is 0.976. The van der Waals surface area contributed by atoms with E-state index in [9.17, 15) is 9.59 Å². The van der Waals surface area contributed by atoms with Crippen LogP contribution in [0.2, 0.25) is 0 Å². The summed E-state index contributed by atoms with van der Waals surface area (Å²) in [6.07, 6.45) is 0.189. The molecule has 0 aromatic carbocycles. The molecule has 5 nitrogen and oxygen atoms in total. The Morgan fingerprint density at radius 1 is 1.67 bits per heavy atom. The number of carbonyl (C=O) groups excluding carboxylic acids is 1. The van der Waals surface area contributed by atoms with Crippen LogP contribution in [-0.2, 0) is 9.59 Å². The minimum Gasteiger partial charge on any atom is -0.480 e. The number of hydrogen-bond acceptors (Lipinski definition) is 4. The number of thioether (sulfide) groups is 1. The molecule has 1 saturated heterocycles. The maximum absolute atomic E-state index is 10.5. The second-order valence-electron chi connectivity index (χ2n) is 2.55. The maximum Gasteiger partial charge on any atom is 0.321 e. The first-order valence-electron chi connectivity index (χ1n) is 3.48. The van der Waals surface area contributed by atoms with Crippen LogP contribution in [0.1, 0.15) is 6.42 Å². The van der Waals surface area contributed by atoms with Gasteiger partial charge in [-0.25, -0.2) is 0 Å². The molecule has 0 aromatic rings. The predicted molar refractivity (Wildman–Crippen MR) is 44.6 cm³/mol. The quantitative estimate of drug-likeness (QED) is 0.529. The zero-order valence-corrected chi connectivity index (χ0v) is 7.13. The van der Waals surface area contributed by atoms with Gasteiger partial charge in [0.2, 0.25) is 5.91 Å². The fourth-order valence-corrected chi connectivity index (χ4v) is 2.18. The molecule has 1 amide bonds. The van der Waals surface area contributed by atoms with E-state index in [0.717, 1.165) is 0 Å². The number of rotatable bonds is 3. The summed E-state index contributed by atoms with van der Waals surface area (Å²) >= 11 is 1.41. The van der Waals surface area contributed by atoms with Crippen molar-refractivity contribution in [3.05, 3.63) is 0 Å². The summed E-state index contributed by atoms with van der Waals surface area (Å²) < 4.78 is 0. The lowest BCUT2D eigenvalue weighted by molar-refractivity contribution is -0.138. The molecule has 1 unspecified atom stereocenters. The van der Waals surface area contributed by atoms with Crippen LogP contribution in [0.25, 0.3) is 0 Å². The average molecular weight is 190 g/mol. The van der Waals surface area contributed by atoms with Crippen LogP contribution in [0, 0.1) is 0 Å². The van der Waals surface area contributed by atoms with Gasteiger partial charge in [-0.05, 0) is 0 Å². The van der Waals surface area contributed by atoms with Crippen LogP contribution in [0.4, 0.5) is 0 Å². The van der Waals surface area contributed by atoms with Crippen molar-refractivity contribution in [1.29, 1.82) is 0 Å². The first-order chi connectivity index (χ1) is 5.59. The van der Waals surface area contributed by atoms with Crippen LogP contribution in [0.3, 0.4) is 0 Å². The van der Waals surface area contributed by atoms with E-state index in [0.29, 0.717) is 5.75 Å². The molecule has 1 heterocycles. The minimum atomic E-state index is -0.880. The third-order valence-electron chi connectivity index (χ3n) is 1.54. The zero-order chi connectivity index (χ0) is 9.14. The van der Waals surface area contributed by atoms with E-state index < -0.39 is 17.9 Å². The van der Waals surface area contributed by atoms with Crippen molar-refractivity contribution in [1.82, 2.24) is 5.32 Å². The Morgan fingerprint density at radius 2 is 2.33 bits per heavy atom. The molecule has 0 bridgehead atoms. The Bertz CT molecular complexity index is 209. The van der Waals surface area contributed by atoms with Crippen molar-refractivity contribution in [3.8, 4) is 0 Å². The van der Waals surface area contributed by atoms with Gasteiger partial charge >= 0.3 is 5.97 Å². The molecule has 0 aromatic heterocycles. The summed E-state index contributed by atoms with van der Waals surface area (Å²) in [6.45, 7) is 0. The lowest BCUT2D eigenvalue weighted by Gasteiger charge is -2.07. The van der Waals surface area contributed by atoms with E-state index >= 15 is 0 Å². The lowest BCUT2D eigenvalue weighted by Crippen LogP contribution is -2.37. The summed E-state index contributed by atoms with van der Waals surface area (Å²) in [4.78, 5) is 20.9. The molecule has 0 spiro atoms. The fraction of sp³-hybridized carbons (Fsp3) is 0.667. The highest BCUT2D eigenvalue weighted by Crippen LogP contribution is 2.20. The van der Waals surface area contributed by atoms with E-state index in [1.54, 1.807) is 0 Å². The van der Waals surface area contributed by atoms with Gasteiger partial charge in [0.15, 0.2) is 0 Å². The van der Waals surface area contributed by atoms with Crippen LogP contribution < -0.4 is 11.1 Å². The van der Waals surface area contributed by atoms with Crippen molar-refractivity contribution in [3.63, 3.8) is 0 Å². The lowest BCUT2D eigenvalue weighted by atomic mass is 10.3. The SMILES string of the molecule is NC(=O)CC1N[C@@H](C(=O)O)CS1. The van der Waals surface area contributed by atoms with Gasteiger partial charge in [0.1, 0.15) is 6.04 Å². The molecule has 12 heavy (non-hydrogen) atoms. The molecule has 4 N–H and O–H groups in total. The normalized spacial score (nSPS) is 28.7. The van der Waals surface area contributed by atoms with E-state index in [1.165, 1.54) is 11.8 Å². The number of carbonyl (C=O) groups is 2. The Labute approximate surface area is 73.7 Å². The monoisotopic (exact) mass is 190 g/mol. The molecular weight excluding hydrogens is 180 g/mol.